The van der Waals surface area contributed by atoms with Crippen LogP contribution in [0, 0.1) is 6.92 Å². The first-order valence-corrected chi connectivity index (χ1v) is 6.91. The minimum Gasteiger partial charge on any atom is -0.389 e. The molecule has 4 N–H and O–H groups in total. The van der Waals surface area contributed by atoms with Gasteiger partial charge >= 0.3 is 0 Å². The summed E-state index contributed by atoms with van der Waals surface area (Å²) in [7, 11) is 0. The average Bonchev–Trinajstić information content (AvgIpc) is 3.12. The molecule has 102 valence electrons. The fourth-order valence-corrected chi connectivity index (χ4v) is 2.13. The zero-order valence-corrected chi connectivity index (χ0v) is 11.8. The van der Waals surface area contributed by atoms with Crippen LogP contribution in [-0.2, 0) is 4.79 Å². The first kappa shape index (κ1) is 13.8. The maximum absolute atomic E-state index is 11.5. The molecule has 0 heterocycles. The van der Waals surface area contributed by atoms with Crippen molar-refractivity contribution in [2.24, 2.45) is 5.73 Å². The number of rotatable bonds is 6. The molecule has 1 aliphatic rings. The van der Waals surface area contributed by atoms with Gasteiger partial charge in [0.15, 0.2) is 0 Å². The topological polar surface area (TPSA) is 67.2 Å². The lowest BCUT2D eigenvalue weighted by Crippen LogP contribution is -2.27. The average molecular weight is 277 g/mol. The van der Waals surface area contributed by atoms with E-state index in [1.54, 1.807) is 0 Å². The Kier molecular flexibility index (Phi) is 4.37. The van der Waals surface area contributed by atoms with Crippen LogP contribution in [0.25, 0.3) is 0 Å². The van der Waals surface area contributed by atoms with Crippen LogP contribution in [0.3, 0.4) is 0 Å². The smallest absolute Gasteiger partial charge is 0.221 e. The van der Waals surface area contributed by atoms with Crippen LogP contribution in [0.1, 0.15) is 30.4 Å². The minimum absolute atomic E-state index is 0.117. The summed E-state index contributed by atoms with van der Waals surface area (Å²) in [5.74, 6) is 0.117. The number of carbonyl (C=O) groups excluding carboxylic acids is 1. The number of benzene rings is 1. The lowest BCUT2D eigenvalue weighted by atomic mass is 10.1. The second-order valence-electron chi connectivity index (χ2n) is 4.91. The number of hydrogen-bond acceptors (Lipinski definition) is 3. The highest BCUT2D eigenvalue weighted by Crippen LogP contribution is 2.18. The Morgan fingerprint density at radius 3 is 2.79 bits per heavy atom. The number of hydrogen-bond donors (Lipinski definition) is 3. The van der Waals surface area contributed by atoms with Gasteiger partial charge in [-0.25, -0.2) is 0 Å². The third kappa shape index (κ3) is 4.21. The van der Waals surface area contributed by atoms with Crippen molar-refractivity contribution in [3.05, 3.63) is 29.3 Å². The lowest BCUT2D eigenvalue weighted by Gasteiger charge is -2.10. The number of aryl methyl sites for hydroxylation is 1. The van der Waals surface area contributed by atoms with E-state index in [2.05, 4.69) is 10.6 Å². The van der Waals surface area contributed by atoms with Crippen molar-refractivity contribution in [3.8, 4) is 0 Å². The molecule has 1 amide bonds. The van der Waals surface area contributed by atoms with Gasteiger partial charge in [0.25, 0.3) is 0 Å². The van der Waals surface area contributed by atoms with Crippen LogP contribution in [-0.4, -0.2) is 23.5 Å². The molecular formula is C14H19N3OS. The van der Waals surface area contributed by atoms with Crippen molar-refractivity contribution in [1.82, 2.24) is 5.32 Å². The SMILES string of the molecule is Cc1cc(NCCC(=O)NC2CC2)ccc1C(N)=S. The van der Waals surface area contributed by atoms with E-state index in [-0.39, 0.29) is 5.91 Å². The number of amides is 1. The monoisotopic (exact) mass is 277 g/mol. The van der Waals surface area contributed by atoms with E-state index in [1.807, 2.05) is 25.1 Å². The Hall–Kier alpha value is -1.62. The molecule has 1 fully saturated rings. The fourth-order valence-electron chi connectivity index (χ4n) is 1.90. The molecule has 0 unspecified atom stereocenters. The summed E-state index contributed by atoms with van der Waals surface area (Å²) >= 11 is 4.96. The van der Waals surface area contributed by atoms with E-state index in [1.165, 1.54) is 0 Å². The molecule has 0 aliphatic heterocycles. The van der Waals surface area contributed by atoms with Gasteiger partial charge in [0.2, 0.25) is 5.91 Å². The maximum atomic E-state index is 11.5. The molecule has 0 bridgehead atoms. The predicted molar refractivity (Wildman–Crippen MR) is 81.3 cm³/mol. The quantitative estimate of drug-likeness (QED) is 0.693. The van der Waals surface area contributed by atoms with Crippen LogP contribution < -0.4 is 16.4 Å². The first-order chi connectivity index (χ1) is 9.06. The molecule has 0 radical (unpaired) electrons. The van der Waals surface area contributed by atoms with Crippen molar-refractivity contribution in [3.63, 3.8) is 0 Å². The number of carbonyl (C=O) groups is 1. The van der Waals surface area contributed by atoms with Gasteiger partial charge in [-0.15, -0.1) is 0 Å². The van der Waals surface area contributed by atoms with Gasteiger partial charge in [0.1, 0.15) is 4.99 Å². The molecule has 1 aliphatic carbocycles. The van der Waals surface area contributed by atoms with E-state index >= 15 is 0 Å². The van der Waals surface area contributed by atoms with Gasteiger partial charge < -0.3 is 16.4 Å². The van der Waals surface area contributed by atoms with Crippen LogP contribution in [0.15, 0.2) is 18.2 Å². The number of anilines is 1. The van der Waals surface area contributed by atoms with Crippen LogP contribution >= 0.6 is 12.2 Å². The Morgan fingerprint density at radius 2 is 2.21 bits per heavy atom. The summed E-state index contributed by atoms with van der Waals surface area (Å²) in [5.41, 5.74) is 8.53. The zero-order valence-electron chi connectivity index (χ0n) is 11.0. The van der Waals surface area contributed by atoms with Crippen molar-refractivity contribution in [1.29, 1.82) is 0 Å². The van der Waals surface area contributed by atoms with Gasteiger partial charge in [0.05, 0.1) is 0 Å². The van der Waals surface area contributed by atoms with E-state index in [0.29, 0.717) is 24.0 Å². The number of nitrogens with two attached hydrogens (primary N) is 1. The fraction of sp³-hybridized carbons (Fsp3) is 0.429. The second kappa shape index (κ2) is 6.02. The highest BCUT2D eigenvalue weighted by Gasteiger charge is 2.22. The van der Waals surface area contributed by atoms with Gasteiger partial charge in [-0.3, -0.25) is 4.79 Å². The molecular weight excluding hydrogens is 258 g/mol. The molecule has 19 heavy (non-hydrogen) atoms. The third-order valence-corrected chi connectivity index (χ3v) is 3.34. The van der Waals surface area contributed by atoms with Crippen molar-refractivity contribution < 1.29 is 4.79 Å². The third-order valence-electron chi connectivity index (χ3n) is 3.12. The highest BCUT2D eigenvalue weighted by atomic mass is 32.1. The summed E-state index contributed by atoms with van der Waals surface area (Å²) in [6, 6.07) is 6.26. The van der Waals surface area contributed by atoms with Gasteiger partial charge in [0, 0.05) is 30.3 Å². The molecule has 1 aromatic carbocycles. The van der Waals surface area contributed by atoms with Crippen molar-refractivity contribution in [2.45, 2.75) is 32.2 Å². The molecule has 1 aromatic rings. The molecule has 0 aromatic heterocycles. The normalized spacial score (nSPS) is 13.9. The second-order valence-corrected chi connectivity index (χ2v) is 5.35. The molecule has 4 nitrogen and oxygen atoms in total. The summed E-state index contributed by atoms with van der Waals surface area (Å²) in [4.78, 5) is 11.9. The minimum atomic E-state index is 0.117. The first-order valence-electron chi connectivity index (χ1n) is 6.50. The summed E-state index contributed by atoms with van der Waals surface area (Å²) < 4.78 is 0. The Balaban J connectivity index is 1.80. The summed E-state index contributed by atoms with van der Waals surface area (Å²) in [6.45, 7) is 2.60. The molecule has 0 atom stereocenters. The van der Waals surface area contributed by atoms with Crippen LogP contribution in [0.2, 0.25) is 0 Å². The zero-order chi connectivity index (χ0) is 13.8. The van der Waals surface area contributed by atoms with Gasteiger partial charge in [-0.1, -0.05) is 12.2 Å². The maximum Gasteiger partial charge on any atom is 0.221 e. The molecule has 1 saturated carbocycles. The van der Waals surface area contributed by atoms with E-state index < -0.39 is 0 Å². The standard InChI is InChI=1S/C14H19N3OS/c1-9-8-11(4-5-12(9)14(15)19)16-7-6-13(18)17-10-2-3-10/h4-5,8,10,16H,2-3,6-7H2,1H3,(H2,15,19)(H,17,18). The Bertz CT molecular complexity index is 497. The van der Waals surface area contributed by atoms with E-state index in [0.717, 1.165) is 29.7 Å². The summed E-state index contributed by atoms with van der Waals surface area (Å²) in [6.07, 6.45) is 2.74. The number of nitrogens with one attached hydrogen (secondary N) is 2. The molecule has 5 heteroatoms. The van der Waals surface area contributed by atoms with Crippen molar-refractivity contribution in [2.75, 3.05) is 11.9 Å². The highest BCUT2D eigenvalue weighted by molar-refractivity contribution is 7.80. The van der Waals surface area contributed by atoms with Crippen LogP contribution in [0.4, 0.5) is 5.69 Å². The van der Waals surface area contributed by atoms with Crippen LogP contribution in [0.5, 0.6) is 0 Å². The molecule has 0 saturated heterocycles. The molecule has 0 spiro atoms. The predicted octanol–water partition coefficient (Wildman–Crippen LogP) is 1.71. The lowest BCUT2D eigenvalue weighted by molar-refractivity contribution is -0.120. The van der Waals surface area contributed by atoms with Gasteiger partial charge in [-0.05, 0) is 43.5 Å². The number of thiocarbonyl (C=S) groups is 1. The Morgan fingerprint density at radius 1 is 1.47 bits per heavy atom. The van der Waals surface area contributed by atoms with E-state index in [4.69, 9.17) is 18.0 Å². The molecule has 2 rings (SSSR count). The summed E-state index contributed by atoms with van der Waals surface area (Å²) in [5, 5.41) is 6.19. The Labute approximate surface area is 118 Å². The largest absolute Gasteiger partial charge is 0.389 e. The van der Waals surface area contributed by atoms with E-state index in [9.17, 15) is 4.79 Å². The van der Waals surface area contributed by atoms with Gasteiger partial charge in [-0.2, -0.15) is 0 Å². The van der Waals surface area contributed by atoms with Crippen molar-refractivity contribution >= 4 is 28.8 Å².